The highest BCUT2D eigenvalue weighted by atomic mass is 19.1. The molecular formula is C18H22FN3O. The van der Waals surface area contributed by atoms with Gasteiger partial charge >= 0.3 is 0 Å². The molecule has 1 fully saturated rings. The quantitative estimate of drug-likeness (QED) is 0.882. The normalized spacial score (nSPS) is 21.7. The highest BCUT2D eigenvalue weighted by molar-refractivity contribution is 5.96. The third-order valence-electron chi connectivity index (χ3n) is 4.43. The maximum atomic E-state index is 13.2. The number of nitrogens with zero attached hydrogens (tertiary/aromatic N) is 1. The van der Waals surface area contributed by atoms with E-state index in [0.29, 0.717) is 11.4 Å². The van der Waals surface area contributed by atoms with Crippen molar-refractivity contribution in [2.75, 3.05) is 13.1 Å². The Morgan fingerprint density at radius 3 is 2.52 bits per heavy atom. The maximum Gasteiger partial charge on any atom is 0.253 e. The molecule has 3 rings (SSSR count). The third-order valence-corrected chi connectivity index (χ3v) is 4.43. The number of allylic oxidation sites excluding steroid dienone is 1. The molecule has 1 unspecified atom stereocenters. The van der Waals surface area contributed by atoms with Crippen molar-refractivity contribution in [2.24, 2.45) is 0 Å². The highest BCUT2D eigenvalue weighted by Crippen LogP contribution is 2.30. The molecular weight excluding hydrogens is 293 g/mol. The smallest absolute Gasteiger partial charge is 0.253 e. The van der Waals surface area contributed by atoms with Crippen LogP contribution in [0, 0.1) is 5.82 Å². The standard InChI is InChI=1S/C18H22FN3O/c1-12-16(18(23)22-10-4-3-5-11-22)17(21-13(2)20-12)14-6-8-15(19)9-7-14/h6-9,17,20-21H,2-5,10-11H2,1H3. The van der Waals surface area contributed by atoms with E-state index in [-0.39, 0.29) is 17.8 Å². The minimum absolute atomic E-state index is 0.0454. The van der Waals surface area contributed by atoms with Gasteiger partial charge in [0.25, 0.3) is 5.91 Å². The van der Waals surface area contributed by atoms with Gasteiger partial charge in [0.1, 0.15) is 5.82 Å². The summed E-state index contributed by atoms with van der Waals surface area (Å²) in [6.07, 6.45) is 3.27. The van der Waals surface area contributed by atoms with Crippen LogP contribution < -0.4 is 10.6 Å². The number of amides is 1. The Morgan fingerprint density at radius 2 is 1.87 bits per heavy atom. The van der Waals surface area contributed by atoms with Crippen LogP contribution >= 0.6 is 0 Å². The number of carbonyl (C=O) groups excluding carboxylic acids is 1. The average Bonchev–Trinajstić information content (AvgIpc) is 2.55. The fraction of sp³-hybridized carbons (Fsp3) is 0.389. The predicted octanol–water partition coefficient (Wildman–Crippen LogP) is 2.82. The summed E-state index contributed by atoms with van der Waals surface area (Å²) in [6, 6.07) is 5.95. The fourth-order valence-corrected chi connectivity index (χ4v) is 3.25. The van der Waals surface area contributed by atoms with Crippen LogP contribution in [0.25, 0.3) is 0 Å². The van der Waals surface area contributed by atoms with E-state index >= 15 is 0 Å². The zero-order valence-electron chi connectivity index (χ0n) is 13.4. The zero-order valence-corrected chi connectivity index (χ0v) is 13.4. The molecule has 2 N–H and O–H groups in total. The number of piperidine rings is 1. The first-order valence-electron chi connectivity index (χ1n) is 8.04. The van der Waals surface area contributed by atoms with Crippen LogP contribution in [0.15, 0.2) is 47.9 Å². The van der Waals surface area contributed by atoms with Crippen molar-refractivity contribution in [1.82, 2.24) is 15.5 Å². The summed E-state index contributed by atoms with van der Waals surface area (Å²) in [7, 11) is 0. The summed E-state index contributed by atoms with van der Waals surface area (Å²) in [5, 5.41) is 6.33. The number of hydrogen-bond acceptors (Lipinski definition) is 3. The van der Waals surface area contributed by atoms with Crippen molar-refractivity contribution >= 4 is 5.91 Å². The topological polar surface area (TPSA) is 44.4 Å². The van der Waals surface area contributed by atoms with Gasteiger partial charge in [0.15, 0.2) is 0 Å². The zero-order chi connectivity index (χ0) is 16.4. The molecule has 1 aromatic carbocycles. The van der Waals surface area contributed by atoms with Crippen LogP contribution in [0.1, 0.15) is 37.8 Å². The number of benzene rings is 1. The van der Waals surface area contributed by atoms with E-state index in [0.717, 1.165) is 37.2 Å². The molecule has 1 amide bonds. The molecule has 0 saturated carbocycles. The van der Waals surface area contributed by atoms with Crippen LogP contribution in [0.4, 0.5) is 4.39 Å². The summed E-state index contributed by atoms with van der Waals surface area (Å²) in [5.41, 5.74) is 2.35. The van der Waals surface area contributed by atoms with E-state index in [4.69, 9.17) is 0 Å². The Kier molecular flexibility index (Phi) is 4.37. The first kappa shape index (κ1) is 15.6. The number of hydrogen-bond donors (Lipinski definition) is 2. The van der Waals surface area contributed by atoms with E-state index < -0.39 is 0 Å². The van der Waals surface area contributed by atoms with Crippen molar-refractivity contribution in [3.8, 4) is 0 Å². The Bertz CT molecular complexity index is 645. The minimum Gasteiger partial charge on any atom is -0.361 e. The molecule has 23 heavy (non-hydrogen) atoms. The second-order valence-corrected chi connectivity index (χ2v) is 6.12. The number of rotatable bonds is 2. The molecule has 0 aliphatic carbocycles. The monoisotopic (exact) mass is 315 g/mol. The number of carbonyl (C=O) groups is 1. The van der Waals surface area contributed by atoms with Gasteiger partial charge in [-0.2, -0.15) is 0 Å². The van der Waals surface area contributed by atoms with Crippen molar-refractivity contribution in [1.29, 1.82) is 0 Å². The molecule has 122 valence electrons. The van der Waals surface area contributed by atoms with Crippen LogP contribution in [0.3, 0.4) is 0 Å². The molecule has 1 aromatic rings. The molecule has 0 spiro atoms. The molecule has 0 radical (unpaired) electrons. The molecule has 1 atom stereocenters. The largest absolute Gasteiger partial charge is 0.361 e. The van der Waals surface area contributed by atoms with E-state index in [9.17, 15) is 9.18 Å². The van der Waals surface area contributed by atoms with Gasteiger partial charge in [0.05, 0.1) is 17.4 Å². The molecule has 0 aromatic heterocycles. The average molecular weight is 315 g/mol. The predicted molar refractivity (Wildman–Crippen MR) is 87.7 cm³/mol. The Hall–Kier alpha value is -2.30. The van der Waals surface area contributed by atoms with E-state index in [1.807, 2.05) is 11.8 Å². The van der Waals surface area contributed by atoms with Crippen molar-refractivity contribution in [3.63, 3.8) is 0 Å². The van der Waals surface area contributed by atoms with Gasteiger partial charge in [0, 0.05) is 18.8 Å². The molecule has 5 heteroatoms. The molecule has 1 saturated heterocycles. The summed E-state index contributed by atoms with van der Waals surface area (Å²) in [6.45, 7) is 7.39. The van der Waals surface area contributed by atoms with Gasteiger partial charge in [-0.05, 0) is 43.9 Å². The van der Waals surface area contributed by atoms with Crippen LogP contribution in [0.5, 0.6) is 0 Å². The SMILES string of the molecule is C=C1NC(C)=C(C(=O)N2CCCCC2)C(c2ccc(F)cc2)N1. The van der Waals surface area contributed by atoms with Gasteiger partial charge < -0.3 is 15.5 Å². The summed E-state index contributed by atoms with van der Waals surface area (Å²) in [4.78, 5) is 14.9. The molecule has 4 nitrogen and oxygen atoms in total. The molecule has 2 aliphatic heterocycles. The number of halogens is 1. The van der Waals surface area contributed by atoms with E-state index in [1.165, 1.54) is 18.6 Å². The lowest BCUT2D eigenvalue weighted by molar-refractivity contribution is -0.128. The molecule has 2 heterocycles. The summed E-state index contributed by atoms with van der Waals surface area (Å²) in [5.74, 6) is 0.405. The van der Waals surface area contributed by atoms with Crippen LogP contribution in [-0.2, 0) is 4.79 Å². The lowest BCUT2D eigenvalue weighted by Crippen LogP contribution is -2.44. The third kappa shape index (κ3) is 3.23. The van der Waals surface area contributed by atoms with Gasteiger partial charge in [-0.3, -0.25) is 4.79 Å². The second kappa shape index (κ2) is 6.44. The number of likely N-dealkylation sites (tertiary alicyclic amines) is 1. The van der Waals surface area contributed by atoms with E-state index in [2.05, 4.69) is 17.2 Å². The Labute approximate surface area is 136 Å². The van der Waals surface area contributed by atoms with Gasteiger partial charge in [-0.1, -0.05) is 18.7 Å². The van der Waals surface area contributed by atoms with Crippen LogP contribution in [0.2, 0.25) is 0 Å². The second-order valence-electron chi connectivity index (χ2n) is 6.12. The van der Waals surface area contributed by atoms with Gasteiger partial charge in [-0.25, -0.2) is 4.39 Å². The van der Waals surface area contributed by atoms with Gasteiger partial charge in [0.2, 0.25) is 0 Å². The maximum absolute atomic E-state index is 13.2. The molecule has 0 bridgehead atoms. The fourth-order valence-electron chi connectivity index (χ4n) is 3.25. The lowest BCUT2D eigenvalue weighted by Gasteiger charge is -2.35. The first-order chi connectivity index (χ1) is 11.1. The van der Waals surface area contributed by atoms with Crippen molar-refractivity contribution < 1.29 is 9.18 Å². The van der Waals surface area contributed by atoms with Crippen LogP contribution in [-0.4, -0.2) is 23.9 Å². The van der Waals surface area contributed by atoms with E-state index in [1.54, 1.807) is 12.1 Å². The van der Waals surface area contributed by atoms with Crippen molar-refractivity contribution in [3.05, 3.63) is 59.3 Å². The minimum atomic E-state index is -0.307. The lowest BCUT2D eigenvalue weighted by atomic mass is 9.93. The Balaban J connectivity index is 1.95. The Morgan fingerprint density at radius 1 is 1.22 bits per heavy atom. The highest BCUT2D eigenvalue weighted by Gasteiger charge is 2.32. The van der Waals surface area contributed by atoms with Crippen molar-refractivity contribution in [2.45, 2.75) is 32.2 Å². The summed E-state index contributed by atoms with van der Waals surface area (Å²) >= 11 is 0. The first-order valence-corrected chi connectivity index (χ1v) is 8.04. The van der Waals surface area contributed by atoms with Gasteiger partial charge in [-0.15, -0.1) is 0 Å². The number of nitrogens with one attached hydrogen (secondary N) is 2. The molecule has 2 aliphatic rings. The summed E-state index contributed by atoms with van der Waals surface area (Å²) < 4.78 is 13.2.